The maximum absolute atomic E-state index is 4.71. The number of guanidine groups is 1. The van der Waals surface area contributed by atoms with E-state index >= 15 is 0 Å². The molecule has 2 N–H and O–H groups in total. The minimum absolute atomic E-state index is 0. The van der Waals surface area contributed by atoms with Crippen LogP contribution in [-0.4, -0.2) is 71.6 Å². The molecule has 29 heavy (non-hydrogen) atoms. The summed E-state index contributed by atoms with van der Waals surface area (Å²) in [4.78, 5) is 23.8. The van der Waals surface area contributed by atoms with Crippen molar-refractivity contribution in [3.8, 4) is 0 Å². The van der Waals surface area contributed by atoms with Crippen LogP contribution >= 0.6 is 35.3 Å². The Morgan fingerprint density at radius 2 is 1.86 bits per heavy atom. The maximum Gasteiger partial charge on any atom is 0.225 e. The maximum atomic E-state index is 4.71. The van der Waals surface area contributed by atoms with Gasteiger partial charge in [-0.1, -0.05) is 0 Å². The van der Waals surface area contributed by atoms with Crippen LogP contribution in [0.2, 0.25) is 0 Å². The van der Waals surface area contributed by atoms with Crippen LogP contribution in [-0.2, 0) is 6.54 Å². The number of aryl methyl sites for hydroxylation is 2. The summed E-state index contributed by atoms with van der Waals surface area (Å²) >= 11 is 1.72. The van der Waals surface area contributed by atoms with Crippen LogP contribution in [0.3, 0.4) is 0 Å². The molecule has 3 rings (SSSR count). The molecule has 3 heterocycles. The van der Waals surface area contributed by atoms with Crippen molar-refractivity contribution in [3.05, 3.63) is 34.0 Å². The molecule has 0 aliphatic carbocycles. The van der Waals surface area contributed by atoms with Gasteiger partial charge in [-0.05, 0) is 26.8 Å². The first-order valence-corrected chi connectivity index (χ1v) is 10.7. The van der Waals surface area contributed by atoms with E-state index in [1.807, 2.05) is 13.0 Å². The number of hydrogen-bond donors (Lipinski definition) is 2. The van der Waals surface area contributed by atoms with Crippen molar-refractivity contribution in [2.24, 2.45) is 4.99 Å². The van der Waals surface area contributed by atoms with Crippen LogP contribution in [0.1, 0.15) is 22.5 Å². The molecular weight excluding hydrogens is 499 g/mol. The molecule has 0 amide bonds. The molecule has 1 fully saturated rings. The summed E-state index contributed by atoms with van der Waals surface area (Å²) in [6, 6.07) is 1.85. The lowest BCUT2D eigenvalue weighted by atomic mass is 10.3. The van der Waals surface area contributed by atoms with Gasteiger partial charge in [0.2, 0.25) is 5.95 Å². The number of anilines is 1. The van der Waals surface area contributed by atoms with Crippen LogP contribution < -0.4 is 15.5 Å². The molecule has 0 saturated carbocycles. The van der Waals surface area contributed by atoms with E-state index in [1.165, 1.54) is 4.88 Å². The van der Waals surface area contributed by atoms with Crippen LogP contribution in [0.25, 0.3) is 0 Å². The van der Waals surface area contributed by atoms with Crippen molar-refractivity contribution in [1.82, 2.24) is 30.5 Å². The summed E-state index contributed by atoms with van der Waals surface area (Å²) in [5.41, 5.74) is 1.09. The van der Waals surface area contributed by atoms with Crippen molar-refractivity contribution >= 4 is 47.2 Å². The quantitative estimate of drug-likeness (QED) is 0.322. The van der Waals surface area contributed by atoms with Crippen LogP contribution in [0, 0.1) is 13.8 Å². The monoisotopic (exact) mass is 530 g/mol. The molecule has 0 unspecified atom stereocenters. The molecule has 8 nitrogen and oxygen atoms in total. The fourth-order valence-electron chi connectivity index (χ4n) is 3.17. The van der Waals surface area contributed by atoms with Crippen molar-refractivity contribution < 1.29 is 0 Å². The predicted octanol–water partition coefficient (Wildman–Crippen LogP) is 2.05. The molecule has 1 saturated heterocycles. The zero-order valence-corrected chi connectivity index (χ0v) is 20.5. The minimum Gasteiger partial charge on any atom is -0.357 e. The number of piperazine rings is 1. The van der Waals surface area contributed by atoms with E-state index in [0.29, 0.717) is 6.54 Å². The number of nitrogens with zero attached hydrogens (tertiary/aromatic N) is 6. The molecule has 1 aliphatic rings. The molecule has 2 aromatic heterocycles. The summed E-state index contributed by atoms with van der Waals surface area (Å²) in [6.45, 7) is 13.5. The summed E-state index contributed by atoms with van der Waals surface area (Å²) in [5.74, 6) is 1.69. The Hall–Kier alpha value is -1.53. The second-order valence-electron chi connectivity index (χ2n) is 6.74. The first-order valence-electron chi connectivity index (χ1n) is 9.85. The standard InChI is InChI=1S/C19H30N8S.HI/c1-4-20-18(24-14-17-15(2)25-16(3)28-17)21-8-9-26-10-12-27(13-11-26)19-22-6-5-7-23-19;/h5-7H,4,8-14H2,1-3H3,(H2,20,21,24);1H. The molecule has 0 bridgehead atoms. The summed E-state index contributed by atoms with van der Waals surface area (Å²) < 4.78 is 0. The number of aliphatic imine (C=N–C) groups is 1. The SMILES string of the molecule is CCNC(=NCc1sc(C)nc1C)NCCN1CCN(c2ncccn2)CC1.I. The third-order valence-corrected chi connectivity index (χ3v) is 5.71. The van der Waals surface area contributed by atoms with Crippen molar-refractivity contribution in [3.63, 3.8) is 0 Å². The van der Waals surface area contributed by atoms with E-state index in [-0.39, 0.29) is 24.0 Å². The second-order valence-corrected chi connectivity index (χ2v) is 8.03. The Morgan fingerprint density at radius 1 is 1.14 bits per heavy atom. The highest BCUT2D eigenvalue weighted by Crippen LogP contribution is 2.17. The third kappa shape index (κ3) is 7.34. The Labute approximate surface area is 194 Å². The first-order chi connectivity index (χ1) is 13.7. The number of thiazole rings is 1. The topological polar surface area (TPSA) is 81.6 Å². The molecule has 0 aromatic carbocycles. The number of hydrogen-bond acceptors (Lipinski definition) is 7. The van der Waals surface area contributed by atoms with Crippen LogP contribution in [0.15, 0.2) is 23.5 Å². The van der Waals surface area contributed by atoms with Gasteiger partial charge in [0.25, 0.3) is 0 Å². The highest BCUT2D eigenvalue weighted by molar-refractivity contribution is 14.0. The van der Waals surface area contributed by atoms with Crippen molar-refractivity contribution in [2.75, 3.05) is 50.7 Å². The molecular formula is C19H31IN8S. The van der Waals surface area contributed by atoms with Gasteiger partial charge in [0, 0.05) is 63.1 Å². The van der Waals surface area contributed by atoms with E-state index in [2.05, 4.69) is 49.2 Å². The predicted molar refractivity (Wildman–Crippen MR) is 131 cm³/mol. The van der Waals surface area contributed by atoms with Gasteiger partial charge in [-0.25, -0.2) is 19.9 Å². The van der Waals surface area contributed by atoms with Crippen LogP contribution in [0.5, 0.6) is 0 Å². The Bertz CT molecular complexity index is 759. The lowest BCUT2D eigenvalue weighted by molar-refractivity contribution is 0.260. The third-order valence-electron chi connectivity index (χ3n) is 4.65. The average Bonchev–Trinajstić information content (AvgIpc) is 3.04. The van der Waals surface area contributed by atoms with E-state index in [0.717, 1.165) is 68.4 Å². The molecule has 0 spiro atoms. The smallest absolute Gasteiger partial charge is 0.225 e. The summed E-state index contributed by atoms with van der Waals surface area (Å²) in [5, 5.41) is 7.87. The largest absolute Gasteiger partial charge is 0.357 e. The van der Waals surface area contributed by atoms with Gasteiger partial charge in [0.15, 0.2) is 5.96 Å². The van der Waals surface area contributed by atoms with Gasteiger partial charge >= 0.3 is 0 Å². The molecule has 0 atom stereocenters. The zero-order valence-electron chi connectivity index (χ0n) is 17.4. The second kappa shape index (κ2) is 12.2. The Balaban J connectivity index is 0.00000300. The summed E-state index contributed by atoms with van der Waals surface area (Å²) in [6.07, 6.45) is 3.60. The molecule has 2 aromatic rings. The Morgan fingerprint density at radius 3 is 2.48 bits per heavy atom. The lowest BCUT2D eigenvalue weighted by Gasteiger charge is -2.34. The normalized spacial score (nSPS) is 15.1. The molecule has 1 aliphatic heterocycles. The lowest BCUT2D eigenvalue weighted by Crippen LogP contribution is -2.49. The Kier molecular flexibility index (Phi) is 10.0. The van der Waals surface area contributed by atoms with E-state index in [4.69, 9.17) is 4.99 Å². The van der Waals surface area contributed by atoms with E-state index in [9.17, 15) is 0 Å². The van der Waals surface area contributed by atoms with Crippen LogP contribution in [0.4, 0.5) is 5.95 Å². The van der Waals surface area contributed by atoms with Crippen molar-refractivity contribution in [2.45, 2.75) is 27.3 Å². The minimum atomic E-state index is 0. The highest BCUT2D eigenvalue weighted by Gasteiger charge is 2.18. The van der Waals surface area contributed by atoms with Gasteiger partial charge in [-0.3, -0.25) is 4.90 Å². The number of halogens is 1. The summed E-state index contributed by atoms with van der Waals surface area (Å²) in [7, 11) is 0. The number of nitrogens with one attached hydrogen (secondary N) is 2. The van der Waals surface area contributed by atoms with Gasteiger partial charge in [0.05, 0.1) is 17.2 Å². The fraction of sp³-hybridized carbons (Fsp3) is 0.579. The van der Waals surface area contributed by atoms with Crippen molar-refractivity contribution in [1.29, 1.82) is 0 Å². The molecule has 10 heteroatoms. The van der Waals surface area contributed by atoms with Gasteiger partial charge < -0.3 is 15.5 Å². The number of rotatable bonds is 7. The molecule has 0 radical (unpaired) electrons. The van der Waals surface area contributed by atoms with E-state index < -0.39 is 0 Å². The number of aromatic nitrogens is 3. The van der Waals surface area contributed by atoms with Gasteiger partial charge in [-0.15, -0.1) is 35.3 Å². The zero-order chi connectivity index (χ0) is 19.8. The highest BCUT2D eigenvalue weighted by atomic mass is 127. The van der Waals surface area contributed by atoms with Gasteiger partial charge in [-0.2, -0.15) is 0 Å². The first kappa shape index (κ1) is 23.7. The average molecular weight is 530 g/mol. The van der Waals surface area contributed by atoms with E-state index in [1.54, 1.807) is 23.7 Å². The fourth-order valence-corrected chi connectivity index (χ4v) is 4.03. The molecule has 160 valence electrons. The van der Waals surface area contributed by atoms with Gasteiger partial charge in [0.1, 0.15) is 0 Å².